The minimum absolute atomic E-state index is 0.165. The second-order valence-electron chi connectivity index (χ2n) is 3.53. The standard InChI is InChI=1S/C10H11BrN4O2/c1-2-3-9-13-8(14-17-9)5-15-6-12-4-7(11)10(15)16/h4,6H,2-3,5H2,1H3. The Morgan fingerprint density at radius 3 is 3.12 bits per heavy atom. The number of aromatic nitrogens is 4. The minimum Gasteiger partial charge on any atom is -0.339 e. The highest BCUT2D eigenvalue weighted by Gasteiger charge is 2.08. The summed E-state index contributed by atoms with van der Waals surface area (Å²) in [5.41, 5.74) is -0.165. The van der Waals surface area contributed by atoms with Gasteiger partial charge >= 0.3 is 0 Å². The van der Waals surface area contributed by atoms with Crippen molar-refractivity contribution < 1.29 is 4.52 Å². The molecule has 0 radical (unpaired) electrons. The second-order valence-corrected chi connectivity index (χ2v) is 4.38. The number of rotatable bonds is 4. The van der Waals surface area contributed by atoms with Gasteiger partial charge in [0.1, 0.15) is 4.47 Å². The van der Waals surface area contributed by atoms with Crippen molar-refractivity contribution in [2.75, 3.05) is 0 Å². The Morgan fingerprint density at radius 1 is 1.53 bits per heavy atom. The van der Waals surface area contributed by atoms with E-state index in [1.807, 2.05) is 6.92 Å². The Morgan fingerprint density at radius 2 is 2.35 bits per heavy atom. The molecule has 0 spiro atoms. The summed E-state index contributed by atoms with van der Waals surface area (Å²) in [7, 11) is 0. The Bertz CT molecular complexity index is 563. The van der Waals surface area contributed by atoms with E-state index >= 15 is 0 Å². The van der Waals surface area contributed by atoms with Gasteiger partial charge in [-0.15, -0.1) is 0 Å². The van der Waals surface area contributed by atoms with Gasteiger partial charge in [0.05, 0.1) is 12.9 Å². The first-order valence-corrected chi connectivity index (χ1v) is 6.01. The molecule has 6 nitrogen and oxygen atoms in total. The molecule has 0 aliphatic rings. The van der Waals surface area contributed by atoms with Gasteiger partial charge in [-0.25, -0.2) is 4.98 Å². The Labute approximate surface area is 106 Å². The molecule has 0 fully saturated rings. The highest BCUT2D eigenvalue weighted by molar-refractivity contribution is 9.10. The van der Waals surface area contributed by atoms with E-state index in [1.54, 1.807) is 0 Å². The quantitative estimate of drug-likeness (QED) is 0.853. The third-order valence-corrected chi connectivity index (χ3v) is 2.69. The molecule has 0 N–H and O–H groups in total. The Kier molecular flexibility index (Phi) is 3.68. The molecule has 0 bridgehead atoms. The van der Waals surface area contributed by atoms with Gasteiger partial charge in [-0.1, -0.05) is 12.1 Å². The van der Waals surface area contributed by atoms with E-state index in [4.69, 9.17) is 4.52 Å². The molecule has 0 aliphatic carbocycles. The number of hydrogen-bond acceptors (Lipinski definition) is 5. The Balaban J connectivity index is 2.19. The molecular formula is C10H11BrN4O2. The maximum atomic E-state index is 11.7. The first-order valence-electron chi connectivity index (χ1n) is 5.22. The van der Waals surface area contributed by atoms with Gasteiger partial charge in [0.2, 0.25) is 5.89 Å². The van der Waals surface area contributed by atoms with Crippen LogP contribution in [0.25, 0.3) is 0 Å². The lowest BCUT2D eigenvalue weighted by Crippen LogP contribution is -2.21. The number of hydrogen-bond donors (Lipinski definition) is 0. The minimum atomic E-state index is -0.165. The third kappa shape index (κ3) is 2.79. The summed E-state index contributed by atoms with van der Waals surface area (Å²) < 4.78 is 6.87. The summed E-state index contributed by atoms with van der Waals surface area (Å²) >= 11 is 3.13. The third-order valence-electron chi connectivity index (χ3n) is 2.14. The van der Waals surface area contributed by atoms with E-state index in [1.165, 1.54) is 17.1 Å². The van der Waals surface area contributed by atoms with Gasteiger partial charge < -0.3 is 4.52 Å². The molecule has 0 aliphatic heterocycles. The first kappa shape index (κ1) is 12.0. The van der Waals surface area contributed by atoms with Gasteiger partial charge in [0.15, 0.2) is 5.82 Å². The molecule has 2 aromatic heterocycles. The van der Waals surface area contributed by atoms with Crippen molar-refractivity contribution in [2.45, 2.75) is 26.3 Å². The normalized spacial score (nSPS) is 10.7. The van der Waals surface area contributed by atoms with Crippen LogP contribution in [0.4, 0.5) is 0 Å². The highest BCUT2D eigenvalue weighted by atomic mass is 79.9. The van der Waals surface area contributed by atoms with Crippen molar-refractivity contribution in [3.63, 3.8) is 0 Å². The van der Waals surface area contributed by atoms with Crippen molar-refractivity contribution in [3.8, 4) is 0 Å². The summed E-state index contributed by atoms with van der Waals surface area (Å²) in [5.74, 6) is 1.08. The largest absolute Gasteiger partial charge is 0.339 e. The average molecular weight is 299 g/mol. The summed E-state index contributed by atoms with van der Waals surface area (Å²) in [6.45, 7) is 2.30. The Hall–Kier alpha value is -1.50. The van der Waals surface area contributed by atoms with Crippen molar-refractivity contribution in [2.24, 2.45) is 0 Å². The molecule has 2 heterocycles. The smallest absolute Gasteiger partial charge is 0.268 e. The fourth-order valence-corrected chi connectivity index (χ4v) is 1.70. The molecule has 0 unspecified atom stereocenters. The van der Waals surface area contributed by atoms with E-state index < -0.39 is 0 Å². The topological polar surface area (TPSA) is 73.8 Å². The average Bonchev–Trinajstić information content (AvgIpc) is 2.73. The van der Waals surface area contributed by atoms with Crippen molar-refractivity contribution in [1.82, 2.24) is 19.7 Å². The van der Waals surface area contributed by atoms with Gasteiger partial charge in [-0.2, -0.15) is 4.98 Å². The van der Waals surface area contributed by atoms with Gasteiger partial charge in [-0.3, -0.25) is 9.36 Å². The van der Waals surface area contributed by atoms with Crippen LogP contribution in [0.15, 0.2) is 26.3 Å². The monoisotopic (exact) mass is 298 g/mol. The SMILES string of the molecule is CCCc1nc(Cn2cncc(Br)c2=O)no1. The number of aryl methyl sites for hydroxylation is 1. The van der Waals surface area contributed by atoms with Gasteiger partial charge in [0.25, 0.3) is 5.56 Å². The molecule has 0 amide bonds. The molecule has 0 aromatic carbocycles. The molecule has 0 saturated carbocycles. The van der Waals surface area contributed by atoms with Crippen LogP contribution in [0.3, 0.4) is 0 Å². The molecule has 7 heteroatoms. The first-order chi connectivity index (χ1) is 8.20. The van der Waals surface area contributed by atoms with Crippen LogP contribution < -0.4 is 5.56 Å². The summed E-state index contributed by atoms with van der Waals surface area (Å²) in [6, 6.07) is 0. The maximum Gasteiger partial charge on any atom is 0.268 e. The molecule has 0 atom stereocenters. The van der Waals surface area contributed by atoms with Crippen LogP contribution in [-0.4, -0.2) is 19.7 Å². The van der Waals surface area contributed by atoms with Crippen LogP contribution in [0, 0.1) is 0 Å². The van der Waals surface area contributed by atoms with Crippen LogP contribution in [0.1, 0.15) is 25.1 Å². The van der Waals surface area contributed by atoms with Gasteiger partial charge in [0, 0.05) is 12.6 Å². The highest BCUT2D eigenvalue weighted by Crippen LogP contribution is 2.03. The summed E-state index contributed by atoms with van der Waals surface area (Å²) in [4.78, 5) is 19.8. The molecule has 90 valence electrons. The van der Waals surface area contributed by atoms with E-state index in [9.17, 15) is 4.79 Å². The zero-order valence-corrected chi connectivity index (χ0v) is 10.8. The molecule has 0 saturated heterocycles. The molecular weight excluding hydrogens is 288 g/mol. The lowest BCUT2D eigenvalue weighted by Gasteiger charge is -2.00. The lowest BCUT2D eigenvalue weighted by atomic mass is 10.3. The van der Waals surface area contributed by atoms with Crippen LogP contribution in [-0.2, 0) is 13.0 Å². The van der Waals surface area contributed by atoms with Crippen LogP contribution in [0.5, 0.6) is 0 Å². The number of nitrogens with zero attached hydrogens (tertiary/aromatic N) is 4. The zero-order chi connectivity index (χ0) is 12.3. The predicted molar refractivity (Wildman–Crippen MR) is 63.6 cm³/mol. The van der Waals surface area contributed by atoms with Gasteiger partial charge in [-0.05, 0) is 22.4 Å². The van der Waals surface area contributed by atoms with E-state index in [0.29, 0.717) is 16.2 Å². The fraction of sp³-hybridized carbons (Fsp3) is 0.400. The fourth-order valence-electron chi connectivity index (χ4n) is 1.36. The molecule has 2 aromatic rings. The zero-order valence-electron chi connectivity index (χ0n) is 9.26. The summed E-state index contributed by atoms with van der Waals surface area (Å²) in [5, 5.41) is 3.81. The molecule has 17 heavy (non-hydrogen) atoms. The van der Waals surface area contributed by atoms with Crippen molar-refractivity contribution in [1.29, 1.82) is 0 Å². The number of halogens is 1. The predicted octanol–water partition coefficient (Wildman–Crippen LogP) is 1.39. The molecule has 2 rings (SSSR count). The van der Waals surface area contributed by atoms with Crippen LogP contribution >= 0.6 is 15.9 Å². The van der Waals surface area contributed by atoms with Crippen molar-refractivity contribution in [3.05, 3.63) is 39.1 Å². The van der Waals surface area contributed by atoms with E-state index in [2.05, 4.69) is 31.1 Å². The maximum absolute atomic E-state index is 11.7. The van der Waals surface area contributed by atoms with Crippen molar-refractivity contribution >= 4 is 15.9 Å². The summed E-state index contributed by atoms with van der Waals surface area (Å²) in [6.07, 6.45) is 4.60. The van der Waals surface area contributed by atoms with Crippen LogP contribution in [0.2, 0.25) is 0 Å². The van der Waals surface area contributed by atoms with E-state index in [0.717, 1.165) is 12.8 Å². The lowest BCUT2D eigenvalue weighted by molar-refractivity contribution is 0.370. The van der Waals surface area contributed by atoms with E-state index in [-0.39, 0.29) is 12.1 Å². The second kappa shape index (κ2) is 5.22.